The molecule has 0 aliphatic carbocycles. The van der Waals surface area contributed by atoms with Crippen molar-refractivity contribution in [2.45, 2.75) is 19.9 Å². The number of carbonyl (C=O) groups excluding carboxylic acids is 2. The second-order valence-electron chi connectivity index (χ2n) is 4.55. The molecule has 5 heteroatoms. The average Bonchev–Trinajstić information content (AvgIpc) is 2.63. The summed E-state index contributed by atoms with van der Waals surface area (Å²) in [5, 5.41) is 11.9. The molecule has 0 bridgehead atoms. The van der Waals surface area contributed by atoms with Crippen molar-refractivity contribution in [2.24, 2.45) is 0 Å². The van der Waals surface area contributed by atoms with Crippen LogP contribution >= 0.6 is 0 Å². The van der Waals surface area contributed by atoms with Gasteiger partial charge in [-0.1, -0.05) is 18.2 Å². The van der Waals surface area contributed by atoms with E-state index in [0.29, 0.717) is 18.7 Å². The van der Waals surface area contributed by atoms with Crippen LogP contribution in [0.1, 0.15) is 34.5 Å². The SMILES string of the molecule is CC(=O)NCCN1C(=O)c2c(C)cccc2C1C#N. The molecule has 1 aliphatic heterocycles. The van der Waals surface area contributed by atoms with E-state index in [-0.39, 0.29) is 11.8 Å². The molecule has 0 radical (unpaired) electrons. The van der Waals surface area contributed by atoms with E-state index < -0.39 is 6.04 Å². The van der Waals surface area contributed by atoms with Gasteiger partial charge in [-0.05, 0) is 12.5 Å². The normalized spacial score (nSPS) is 17.0. The van der Waals surface area contributed by atoms with Crippen LogP contribution in [0.15, 0.2) is 18.2 Å². The van der Waals surface area contributed by atoms with Crippen LogP contribution in [0.25, 0.3) is 0 Å². The Labute approximate surface area is 111 Å². The molecule has 0 saturated heterocycles. The highest BCUT2D eigenvalue weighted by Crippen LogP contribution is 2.34. The van der Waals surface area contributed by atoms with Crippen LogP contribution in [-0.2, 0) is 4.79 Å². The number of nitrogens with one attached hydrogen (secondary N) is 1. The first kappa shape index (κ1) is 13.1. The lowest BCUT2D eigenvalue weighted by atomic mass is 10.0. The second-order valence-corrected chi connectivity index (χ2v) is 4.55. The highest BCUT2D eigenvalue weighted by atomic mass is 16.2. The van der Waals surface area contributed by atoms with Gasteiger partial charge in [-0.25, -0.2) is 0 Å². The lowest BCUT2D eigenvalue weighted by Gasteiger charge is -2.19. The summed E-state index contributed by atoms with van der Waals surface area (Å²) in [7, 11) is 0. The van der Waals surface area contributed by atoms with Gasteiger partial charge in [0.2, 0.25) is 5.91 Å². The van der Waals surface area contributed by atoms with Crippen molar-refractivity contribution in [1.29, 1.82) is 5.26 Å². The predicted octanol–water partition coefficient (Wildman–Crippen LogP) is 1.15. The van der Waals surface area contributed by atoms with E-state index in [1.54, 1.807) is 0 Å². The van der Waals surface area contributed by atoms with E-state index in [0.717, 1.165) is 11.1 Å². The van der Waals surface area contributed by atoms with Crippen LogP contribution in [0.4, 0.5) is 0 Å². The molecule has 1 heterocycles. The summed E-state index contributed by atoms with van der Waals surface area (Å²) < 4.78 is 0. The molecule has 1 aromatic rings. The Morgan fingerprint density at radius 3 is 2.89 bits per heavy atom. The Morgan fingerprint density at radius 2 is 2.26 bits per heavy atom. The minimum Gasteiger partial charge on any atom is -0.355 e. The van der Waals surface area contributed by atoms with Crippen molar-refractivity contribution in [3.05, 3.63) is 34.9 Å². The fourth-order valence-corrected chi connectivity index (χ4v) is 2.36. The zero-order valence-electron chi connectivity index (χ0n) is 10.9. The Bertz CT molecular complexity index is 575. The zero-order valence-corrected chi connectivity index (χ0v) is 10.9. The quantitative estimate of drug-likeness (QED) is 0.882. The number of fused-ring (bicyclic) bond motifs is 1. The molecule has 0 aromatic heterocycles. The first-order chi connectivity index (χ1) is 9.06. The molecular weight excluding hydrogens is 242 g/mol. The van der Waals surface area contributed by atoms with Crippen LogP contribution in [0.2, 0.25) is 0 Å². The first-order valence-corrected chi connectivity index (χ1v) is 6.10. The van der Waals surface area contributed by atoms with Gasteiger partial charge in [-0.15, -0.1) is 0 Å². The van der Waals surface area contributed by atoms with E-state index in [2.05, 4.69) is 11.4 Å². The maximum atomic E-state index is 12.3. The molecule has 19 heavy (non-hydrogen) atoms. The Hall–Kier alpha value is -2.35. The van der Waals surface area contributed by atoms with Crippen molar-refractivity contribution >= 4 is 11.8 Å². The van der Waals surface area contributed by atoms with Gasteiger partial charge in [-0.3, -0.25) is 9.59 Å². The van der Waals surface area contributed by atoms with Crippen LogP contribution < -0.4 is 5.32 Å². The lowest BCUT2D eigenvalue weighted by molar-refractivity contribution is -0.119. The number of carbonyl (C=O) groups is 2. The van der Waals surface area contributed by atoms with E-state index in [1.807, 2.05) is 25.1 Å². The van der Waals surface area contributed by atoms with Crippen LogP contribution in [0.3, 0.4) is 0 Å². The average molecular weight is 257 g/mol. The lowest BCUT2D eigenvalue weighted by Crippen LogP contribution is -2.36. The van der Waals surface area contributed by atoms with E-state index in [1.165, 1.54) is 11.8 Å². The van der Waals surface area contributed by atoms with Gasteiger partial charge in [-0.2, -0.15) is 5.26 Å². The van der Waals surface area contributed by atoms with Gasteiger partial charge < -0.3 is 10.2 Å². The van der Waals surface area contributed by atoms with Gasteiger partial charge in [0.25, 0.3) is 5.91 Å². The molecule has 0 saturated carbocycles. The van der Waals surface area contributed by atoms with Gasteiger partial charge in [0.1, 0.15) is 6.04 Å². The van der Waals surface area contributed by atoms with E-state index in [4.69, 9.17) is 0 Å². The minimum absolute atomic E-state index is 0.134. The number of nitrogens with zero attached hydrogens (tertiary/aromatic N) is 2. The van der Waals surface area contributed by atoms with Gasteiger partial charge >= 0.3 is 0 Å². The topological polar surface area (TPSA) is 73.2 Å². The molecule has 1 aromatic carbocycles. The Kier molecular flexibility index (Phi) is 3.52. The summed E-state index contributed by atoms with van der Waals surface area (Å²) in [6.45, 7) is 3.98. The van der Waals surface area contributed by atoms with Crippen molar-refractivity contribution in [3.8, 4) is 6.07 Å². The second kappa shape index (κ2) is 5.11. The maximum absolute atomic E-state index is 12.3. The smallest absolute Gasteiger partial charge is 0.255 e. The number of hydrogen-bond acceptors (Lipinski definition) is 3. The van der Waals surface area contributed by atoms with Crippen molar-refractivity contribution in [2.75, 3.05) is 13.1 Å². The largest absolute Gasteiger partial charge is 0.355 e. The summed E-state index contributed by atoms with van der Waals surface area (Å²) >= 11 is 0. The number of hydrogen-bond donors (Lipinski definition) is 1. The molecule has 0 spiro atoms. The van der Waals surface area contributed by atoms with Crippen LogP contribution in [-0.4, -0.2) is 29.8 Å². The van der Waals surface area contributed by atoms with Crippen molar-refractivity contribution in [1.82, 2.24) is 10.2 Å². The monoisotopic (exact) mass is 257 g/mol. The van der Waals surface area contributed by atoms with E-state index >= 15 is 0 Å². The fraction of sp³-hybridized carbons (Fsp3) is 0.357. The number of rotatable bonds is 3. The minimum atomic E-state index is -0.559. The summed E-state index contributed by atoms with van der Waals surface area (Å²) in [4.78, 5) is 24.7. The summed E-state index contributed by atoms with van der Waals surface area (Å²) in [5.74, 6) is -0.279. The molecule has 1 unspecified atom stereocenters. The fourth-order valence-electron chi connectivity index (χ4n) is 2.36. The molecule has 5 nitrogen and oxygen atoms in total. The van der Waals surface area contributed by atoms with Crippen LogP contribution in [0, 0.1) is 18.3 Å². The van der Waals surface area contributed by atoms with Gasteiger partial charge in [0, 0.05) is 31.1 Å². The third kappa shape index (κ3) is 2.29. The molecule has 98 valence electrons. The predicted molar refractivity (Wildman–Crippen MR) is 69.3 cm³/mol. The molecule has 1 aliphatic rings. The summed E-state index contributed by atoms with van der Waals surface area (Å²) in [5.41, 5.74) is 2.26. The number of benzene rings is 1. The standard InChI is InChI=1S/C14H15N3O2/c1-9-4-3-5-11-12(8-15)17(14(19)13(9)11)7-6-16-10(2)18/h3-5,12H,6-7H2,1-2H3,(H,16,18). The Balaban J connectivity index is 2.24. The molecular formula is C14H15N3O2. The Morgan fingerprint density at radius 1 is 1.53 bits per heavy atom. The summed E-state index contributed by atoms with van der Waals surface area (Å²) in [6.07, 6.45) is 0. The van der Waals surface area contributed by atoms with Crippen molar-refractivity contribution < 1.29 is 9.59 Å². The van der Waals surface area contributed by atoms with Gasteiger partial charge in [0.05, 0.1) is 6.07 Å². The molecule has 0 fully saturated rings. The first-order valence-electron chi connectivity index (χ1n) is 6.10. The molecule has 2 rings (SSSR count). The maximum Gasteiger partial charge on any atom is 0.255 e. The third-order valence-corrected chi connectivity index (χ3v) is 3.23. The van der Waals surface area contributed by atoms with Gasteiger partial charge in [0.15, 0.2) is 0 Å². The number of amides is 2. The number of nitriles is 1. The molecule has 1 N–H and O–H groups in total. The summed E-state index contributed by atoms with van der Waals surface area (Å²) in [6, 6.07) is 7.13. The molecule has 2 amide bonds. The van der Waals surface area contributed by atoms with E-state index in [9.17, 15) is 14.9 Å². The zero-order chi connectivity index (χ0) is 14.0. The highest BCUT2D eigenvalue weighted by Gasteiger charge is 2.37. The van der Waals surface area contributed by atoms with Crippen LogP contribution in [0.5, 0.6) is 0 Å². The third-order valence-electron chi connectivity index (χ3n) is 3.23. The molecule has 1 atom stereocenters. The van der Waals surface area contributed by atoms with Crippen molar-refractivity contribution in [3.63, 3.8) is 0 Å². The number of aryl methyl sites for hydroxylation is 1. The highest BCUT2D eigenvalue weighted by molar-refractivity contribution is 6.01.